The Morgan fingerprint density at radius 3 is 3.00 bits per heavy atom. The number of hydrogen-bond donors (Lipinski definition) is 0. The summed E-state index contributed by atoms with van der Waals surface area (Å²) >= 11 is 1.76. The van der Waals surface area contributed by atoms with E-state index < -0.39 is 0 Å². The summed E-state index contributed by atoms with van der Waals surface area (Å²) in [5.74, 6) is 0.334. The van der Waals surface area contributed by atoms with Gasteiger partial charge in [-0.1, -0.05) is 0 Å². The number of carbonyl (C=O) groups is 2. The molecule has 1 aliphatic rings. The molecule has 1 saturated heterocycles. The fraction of sp³-hybridized carbons (Fsp3) is 0.571. The third-order valence-electron chi connectivity index (χ3n) is 3.37. The highest BCUT2D eigenvalue weighted by Crippen LogP contribution is 2.18. The summed E-state index contributed by atoms with van der Waals surface area (Å²) < 4.78 is 0. The van der Waals surface area contributed by atoms with Crippen molar-refractivity contribution in [3.63, 3.8) is 0 Å². The average molecular weight is 265 g/mol. The fourth-order valence-corrected chi connectivity index (χ4v) is 3.22. The summed E-state index contributed by atoms with van der Waals surface area (Å²) in [7, 11) is 0. The first-order valence-electron chi connectivity index (χ1n) is 6.49. The maximum atomic E-state index is 11.9. The Labute approximate surface area is 112 Å². The Kier molecular flexibility index (Phi) is 4.53. The zero-order valence-corrected chi connectivity index (χ0v) is 11.6. The molecule has 1 amide bonds. The quantitative estimate of drug-likeness (QED) is 0.839. The van der Waals surface area contributed by atoms with Crippen LogP contribution in [0, 0.1) is 6.92 Å². The number of amides is 1. The van der Waals surface area contributed by atoms with Gasteiger partial charge in [-0.05, 0) is 43.2 Å². The average Bonchev–Trinajstić information content (AvgIpc) is 2.75. The van der Waals surface area contributed by atoms with E-state index in [4.69, 9.17) is 0 Å². The summed E-state index contributed by atoms with van der Waals surface area (Å²) in [4.78, 5) is 26.3. The van der Waals surface area contributed by atoms with Gasteiger partial charge in [0, 0.05) is 24.3 Å². The van der Waals surface area contributed by atoms with Crippen LogP contribution >= 0.6 is 11.3 Å². The summed E-state index contributed by atoms with van der Waals surface area (Å²) in [6.45, 7) is 3.19. The van der Waals surface area contributed by atoms with Crippen molar-refractivity contribution >= 4 is 23.0 Å². The van der Waals surface area contributed by atoms with E-state index in [0.29, 0.717) is 19.4 Å². The van der Waals surface area contributed by atoms with Gasteiger partial charge in [0.15, 0.2) is 5.78 Å². The van der Waals surface area contributed by atoms with Gasteiger partial charge in [0.05, 0.1) is 6.54 Å². The molecular weight excluding hydrogens is 246 g/mol. The van der Waals surface area contributed by atoms with Gasteiger partial charge < -0.3 is 4.90 Å². The van der Waals surface area contributed by atoms with Gasteiger partial charge in [0.1, 0.15) is 0 Å². The standard InChI is InChI=1S/C14H19NO2S/c1-11-7-9-18-13(11)5-2-6-14(17)15-8-3-4-12(16)10-15/h7,9H,2-6,8,10H2,1H3. The minimum absolute atomic E-state index is 0.136. The van der Waals surface area contributed by atoms with E-state index in [0.717, 1.165) is 25.8 Å². The van der Waals surface area contributed by atoms with E-state index in [1.54, 1.807) is 16.2 Å². The molecule has 1 aliphatic heterocycles. The molecule has 0 spiro atoms. The maximum Gasteiger partial charge on any atom is 0.222 e. The van der Waals surface area contributed by atoms with Gasteiger partial charge in [-0.2, -0.15) is 0 Å². The minimum atomic E-state index is 0.136. The summed E-state index contributed by atoms with van der Waals surface area (Å²) in [6, 6.07) is 2.12. The van der Waals surface area contributed by atoms with E-state index in [1.807, 2.05) is 0 Å². The van der Waals surface area contributed by atoms with Crippen LogP contribution in [0.25, 0.3) is 0 Å². The van der Waals surface area contributed by atoms with Gasteiger partial charge in [-0.25, -0.2) is 0 Å². The van der Waals surface area contributed by atoms with Gasteiger partial charge in [0.25, 0.3) is 0 Å². The molecule has 2 heterocycles. The summed E-state index contributed by atoms with van der Waals surface area (Å²) in [5.41, 5.74) is 1.32. The molecule has 0 unspecified atom stereocenters. The molecule has 98 valence electrons. The van der Waals surface area contributed by atoms with E-state index in [9.17, 15) is 9.59 Å². The Balaban J connectivity index is 1.75. The Hall–Kier alpha value is -1.16. The van der Waals surface area contributed by atoms with Crippen LogP contribution in [-0.2, 0) is 16.0 Å². The van der Waals surface area contributed by atoms with Crippen LogP contribution in [0.4, 0.5) is 0 Å². The third kappa shape index (κ3) is 3.42. The molecule has 0 aliphatic carbocycles. The van der Waals surface area contributed by atoms with Crippen LogP contribution < -0.4 is 0 Å². The monoisotopic (exact) mass is 265 g/mol. The number of carbonyl (C=O) groups excluding carboxylic acids is 2. The highest BCUT2D eigenvalue weighted by Gasteiger charge is 2.20. The molecule has 1 aromatic rings. The molecule has 1 fully saturated rings. The largest absolute Gasteiger partial charge is 0.335 e. The van der Waals surface area contributed by atoms with Gasteiger partial charge in [-0.15, -0.1) is 11.3 Å². The van der Waals surface area contributed by atoms with Crippen molar-refractivity contribution in [1.29, 1.82) is 0 Å². The molecule has 0 radical (unpaired) electrons. The Bertz CT molecular complexity index is 439. The number of ketones is 1. The van der Waals surface area contributed by atoms with Crippen LogP contribution in [-0.4, -0.2) is 29.7 Å². The lowest BCUT2D eigenvalue weighted by Crippen LogP contribution is -2.40. The smallest absolute Gasteiger partial charge is 0.222 e. The number of Topliss-reactive ketones (excluding diaryl/α,β-unsaturated/α-hetero) is 1. The molecule has 4 heteroatoms. The Morgan fingerprint density at radius 2 is 2.33 bits per heavy atom. The molecule has 0 saturated carbocycles. The number of thiophene rings is 1. The number of piperidine rings is 1. The number of likely N-dealkylation sites (tertiary alicyclic amines) is 1. The first kappa shape index (κ1) is 13.3. The predicted molar refractivity (Wildman–Crippen MR) is 72.8 cm³/mol. The van der Waals surface area contributed by atoms with Crippen LogP contribution in [0.3, 0.4) is 0 Å². The molecule has 0 aromatic carbocycles. The highest BCUT2D eigenvalue weighted by molar-refractivity contribution is 7.10. The molecule has 0 N–H and O–H groups in total. The number of aryl methyl sites for hydroxylation is 2. The zero-order chi connectivity index (χ0) is 13.0. The summed E-state index contributed by atoms with van der Waals surface area (Å²) in [6.07, 6.45) is 3.87. The second-order valence-corrected chi connectivity index (χ2v) is 5.84. The van der Waals surface area contributed by atoms with Crippen molar-refractivity contribution in [2.75, 3.05) is 13.1 Å². The minimum Gasteiger partial charge on any atom is -0.335 e. The SMILES string of the molecule is Cc1ccsc1CCCC(=O)N1CCCC(=O)C1. The van der Waals surface area contributed by atoms with E-state index >= 15 is 0 Å². The van der Waals surface area contributed by atoms with Crippen LogP contribution in [0.1, 0.15) is 36.1 Å². The van der Waals surface area contributed by atoms with Crippen LogP contribution in [0.15, 0.2) is 11.4 Å². The number of rotatable bonds is 4. The predicted octanol–water partition coefficient (Wildman–Crippen LogP) is 2.57. The fourth-order valence-electron chi connectivity index (χ4n) is 2.27. The Morgan fingerprint density at radius 1 is 1.50 bits per heavy atom. The van der Waals surface area contributed by atoms with E-state index in [2.05, 4.69) is 18.4 Å². The first-order chi connectivity index (χ1) is 8.66. The van der Waals surface area contributed by atoms with E-state index in [1.165, 1.54) is 10.4 Å². The maximum absolute atomic E-state index is 11.9. The normalized spacial score (nSPS) is 16.1. The lowest BCUT2D eigenvalue weighted by molar-refractivity contribution is -0.137. The second-order valence-electron chi connectivity index (χ2n) is 4.84. The number of nitrogens with zero attached hydrogens (tertiary/aromatic N) is 1. The van der Waals surface area contributed by atoms with Crippen molar-refractivity contribution in [2.45, 2.75) is 39.0 Å². The summed E-state index contributed by atoms with van der Waals surface area (Å²) in [5, 5.41) is 2.09. The third-order valence-corrected chi connectivity index (χ3v) is 4.45. The molecule has 2 rings (SSSR count). The van der Waals surface area contributed by atoms with Gasteiger partial charge in [-0.3, -0.25) is 9.59 Å². The highest BCUT2D eigenvalue weighted by atomic mass is 32.1. The topological polar surface area (TPSA) is 37.4 Å². The van der Waals surface area contributed by atoms with Gasteiger partial charge >= 0.3 is 0 Å². The zero-order valence-electron chi connectivity index (χ0n) is 10.8. The van der Waals surface area contributed by atoms with Crippen molar-refractivity contribution < 1.29 is 9.59 Å². The second kappa shape index (κ2) is 6.14. The van der Waals surface area contributed by atoms with Crippen molar-refractivity contribution in [1.82, 2.24) is 4.90 Å². The van der Waals surface area contributed by atoms with Crippen LogP contribution in [0.2, 0.25) is 0 Å². The van der Waals surface area contributed by atoms with Crippen molar-refractivity contribution in [3.8, 4) is 0 Å². The lowest BCUT2D eigenvalue weighted by atomic mass is 10.1. The van der Waals surface area contributed by atoms with Gasteiger partial charge in [0.2, 0.25) is 5.91 Å². The molecule has 1 aromatic heterocycles. The molecule has 0 bridgehead atoms. The lowest BCUT2D eigenvalue weighted by Gasteiger charge is -2.25. The van der Waals surface area contributed by atoms with E-state index in [-0.39, 0.29) is 11.7 Å². The van der Waals surface area contributed by atoms with Crippen molar-refractivity contribution in [2.24, 2.45) is 0 Å². The molecule has 18 heavy (non-hydrogen) atoms. The molecular formula is C14H19NO2S. The molecule has 0 atom stereocenters. The van der Waals surface area contributed by atoms with Crippen LogP contribution in [0.5, 0.6) is 0 Å². The first-order valence-corrected chi connectivity index (χ1v) is 7.37. The molecule has 3 nitrogen and oxygen atoms in total. The number of hydrogen-bond acceptors (Lipinski definition) is 3. The van der Waals surface area contributed by atoms with Crippen molar-refractivity contribution in [3.05, 3.63) is 21.9 Å².